The molecule has 0 radical (unpaired) electrons. The van der Waals surface area contributed by atoms with Gasteiger partial charge in [0.1, 0.15) is 11.5 Å². The molecule has 1 heterocycles. The molecule has 0 fully saturated rings. The zero-order valence-corrected chi connectivity index (χ0v) is 16.9. The van der Waals surface area contributed by atoms with Gasteiger partial charge >= 0.3 is 6.61 Å². The number of aromatic nitrogens is 2. The summed E-state index contributed by atoms with van der Waals surface area (Å²) in [6, 6.07) is 7.37. The van der Waals surface area contributed by atoms with Crippen molar-refractivity contribution in [3.8, 4) is 17.2 Å². The largest absolute Gasteiger partial charge is 0.493 e. The van der Waals surface area contributed by atoms with E-state index < -0.39 is 24.2 Å². The fourth-order valence-electron chi connectivity index (χ4n) is 3.14. The van der Waals surface area contributed by atoms with Crippen molar-refractivity contribution in [3.05, 3.63) is 70.5 Å². The normalized spacial score (nSPS) is 11.0. The van der Waals surface area contributed by atoms with Crippen LogP contribution in [0.1, 0.15) is 27.3 Å². The lowest BCUT2D eigenvalue weighted by atomic mass is 10.1. The van der Waals surface area contributed by atoms with E-state index in [4.69, 9.17) is 4.74 Å². The second kappa shape index (κ2) is 9.07. The van der Waals surface area contributed by atoms with Gasteiger partial charge in [0.25, 0.3) is 5.91 Å². The van der Waals surface area contributed by atoms with Crippen LogP contribution in [0.2, 0.25) is 0 Å². The number of aryl methyl sites for hydroxylation is 1. The molecule has 0 spiro atoms. The van der Waals surface area contributed by atoms with Crippen LogP contribution in [0, 0.1) is 25.5 Å². The van der Waals surface area contributed by atoms with Gasteiger partial charge in [-0.15, -0.1) is 0 Å². The number of methoxy groups -OCH3 is 1. The Morgan fingerprint density at radius 3 is 2.52 bits per heavy atom. The van der Waals surface area contributed by atoms with Gasteiger partial charge in [0.15, 0.2) is 17.3 Å². The van der Waals surface area contributed by atoms with Gasteiger partial charge in [-0.05, 0) is 43.7 Å². The highest BCUT2D eigenvalue weighted by atomic mass is 19.3. The maximum atomic E-state index is 14.1. The summed E-state index contributed by atoms with van der Waals surface area (Å²) in [7, 11) is 1.31. The van der Waals surface area contributed by atoms with Crippen molar-refractivity contribution in [2.45, 2.75) is 27.0 Å². The Hall–Kier alpha value is -3.56. The van der Waals surface area contributed by atoms with Crippen molar-refractivity contribution in [1.82, 2.24) is 15.1 Å². The molecule has 3 rings (SSSR count). The van der Waals surface area contributed by atoms with Crippen LogP contribution >= 0.6 is 0 Å². The molecule has 0 saturated heterocycles. The number of carbonyl (C=O) groups excluding carboxylic acids is 1. The number of alkyl halides is 2. The molecule has 0 aliphatic rings. The Morgan fingerprint density at radius 1 is 1.13 bits per heavy atom. The first kappa shape index (κ1) is 22.1. The third-order valence-electron chi connectivity index (χ3n) is 4.55. The van der Waals surface area contributed by atoms with Gasteiger partial charge in [-0.3, -0.25) is 4.79 Å². The van der Waals surface area contributed by atoms with Crippen molar-refractivity contribution in [2.24, 2.45) is 0 Å². The van der Waals surface area contributed by atoms with Crippen LogP contribution in [0.25, 0.3) is 5.69 Å². The molecule has 164 valence electrons. The van der Waals surface area contributed by atoms with Crippen molar-refractivity contribution in [2.75, 3.05) is 7.11 Å². The molecule has 0 atom stereocenters. The maximum Gasteiger partial charge on any atom is 0.387 e. The number of hydrogen-bond donors (Lipinski definition) is 1. The fourth-order valence-corrected chi connectivity index (χ4v) is 3.14. The average Bonchev–Trinajstić information content (AvgIpc) is 3.00. The predicted molar refractivity (Wildman–Crippen MR) is 104 cm³/mol. The van der Waals surface area contributed by atoms with E-state index in [9.17, 15) is 22.4 Å². The summed E-state index contributed by atoms with van der Waals surface area (Å²) in [6.07, 6.45) is 0. The molecule has 0 aliphatic carbocycles. The van der Waals surface area contributed by atoms with Gasteiger partial charge in [-0.25, -0.2) is 13.5 Å². The van der Waals surface area contributed by atoms with Gasteiger partial charge in [-0.1, -0.05) is 6.07 Å². The number of amides is 1. The van der Waals surface area contributed by atoms with E-state index in [0.717, 1.165) is 12.1 Å². The van der Waals surface area contributed by atoms with Crippen LogP contribution in [-0.4, -0.2) is 29.4 Å². The maximum absolute atomic E-state index is 14.1. The quantitative estimate of drug-likeness (QED) is 0.560. The summed E-state index contributed by atoms with van der Waals surface area (Å²) in [4.78, 5) is 12.7. The van der Waals surface area contributed by atoms with E-state index in [2.05, 4.69) is 15.2 Å². The first-order valence-corrected chi connectivity index (χ1v) is 9.12. The van der Waals surface area contributed by atoms with Gasteiger partial charge in [0.05, 0.1) is 24.1 Å². The molecule has 0 unspecified atom stereocenters. The highest BCUT2D eigenvalue weighted by Gasteiger charge is 2.21. The zero-order valence-electron chi connectivity index (χ0n) is 16.9. The number of nitrogens with one attached hydrogen (secondary N) is 1. The summed E-state index contributed by atoms with van der Waals surface area (Å²) >= 11 is 0. The molecular formula is C21H19F4N3O3. The van der Waals surface area contributed by atoms with E-state index >= 15 is 0 Å². The topological polar surface area (TPSA) is 65.4 Å². The van der Waals surface area contributed by atoms with E-state index in [1.807, 2.05) is 0 Å². The van der Waals surface area contributed by atoms with Crippen molar-refractivity contribution >= 4 is 5.91 Å². The molecule has 1 amide bonds. The van der Waals surface area contributed by atoms with Crippen LogP contribution in [0.3, 0.4) is 0 Å². The second-order valence-electron chi connectivity index (χ2n) is 6.60. The van der Waals surface area contributed by atoms with Crippen molar-refractivity contribution in [1.29, 1.82) is 0 Å². The number of rotatable bonds is 7. The van der Waals surface area contributed by atoms with Crippen LogP contribution in [0.5, 0.6) is 11.5 Å². The molecule has 0 aliphatic heterocycles. The Kier molecular flexibility index (Phi) is 6.47. The molecule has 10 heteroatoms. The van der Waals surface area contributed by atoms with Crippen LogP contribution < -0.4 is 14.8 Å². The van der Waals surface area contributed by atoms with Crippen molar-refractivity contribution < 1.29 is 31.8 Å². The number of carbonyl (C=O) groups is 1. The van der Waals surface area contributed by atoms with Crippen LogP contribution in [0.15, 0.2) is 36.4 Å². The van der Waals surface area contributed by atoms with Crippen LogP contribution in [-0.2, 0) is 6.54 Å². The van der Waals surface area contributed by atoms with Gasteiger partial charge in [0, 0.05) is 12.6 Å². The summed E-state index contributed by atoms with van der Waals surface area (Å²) < 4.78 is 62.9. The first-order chi connectivity index (χ1) is 14.7. The lowest BCUT2D eigenvalue weighted by Crippen LogP contribution is -2.24. The lowest BCUT2D eigenvalue weighted by Gasteiger charge is -2.12. The molecule has 6 nitrogen and oxygen atoms in total. The molecule has 1 aromatic heterocycles. The minimum Gasteiger partial charge on any atom is -0.493 e. The molecule has 0 bridgehead atoms. The smallest absolute Gasteiger partial charge is 0.387 e. The van der Waals surface area contributed by atoms with Gasteiger partial charge in [-0.2, -0.15) is 13.9 Å². The van der Waals surface area contributed by atoms with E-state index in [-0.39, 0.29) is 29.3 Å². The fraction of sp³-hybridized carbons (Fsp3) is 0.238. The highest BCUT2D eigenvalue weighted by molar-refractivity contribution is 5.96. The first-order valence-electron chi connectivity index (χ1n) is 9.12. The van der Waals surface area contributed by atoms with E-state index in [1.165, 1.54) is 36.1 Å². The number of benzene rings is 2. The standard InChI is InChI=1S/C21H19F4N3O3/c1-11-19(12(2)28(27-11)16-6-5-14(22)9-15(16)23)20(29)26-10-13-4-7-17(31-21(24)25)18(8-13)30-3/h4-9,21H,10H2,1-3H3,(H,26,29). The molecule has 3 aromatic rings. The molecule has 1 N–H and O–H groups in total. The third-order valence-corrected chi connectivity index (χ3v) is 4.55. The summed E-state index contributed by atoms with van der Waals surface area (Å²) in [5.74, 6) is -2.02. The number of hydrogen-bond acceptors (Lipinski definition) is 4. The Labute approximate surface area is 175 Å². The Morgan fingerprint density at radius 2 is 1.87 bits per heavy atom. The third kappa shape index (κ3) is 4.79. The molecule has 0 saturated carbocycles. The van der Waals surface area contributed by atoms with Crippen LogP contribution in [0.4, 0.5) is 17.6 Å². The Bertz CT molecular complexity index is 1120. The average molecular weight is 437 g/mol. The predicted octanol–water partition coefficient (Wildman–Crippen LogP) is 4.31. The van der Waals surface area contributed by atoms with Gasteiger partial charge < -0.3 is 14.8 Å². The summed E-state index contributed by atoms with van der Waals surface area (Å²) in [5, 5.41) is 6.91. The Balaban J connectivity index is 1.79. The second-order valence-corrected chi connectivity index (χ2v) is 6.60. The van der Waals surface area contributed by atoms with E-state index in [0.29, 0.717) is 17.0 Å². The number of halogens is 4. The molecular weight excluding hydrogens is 418 g/mol. The number of ether oxygens (including phenoxy) is 2. The SMILES string of the molecule is COc1cc(CNC(=O)c2c(C)nn(-c3ccc(F)cc3F)c2C)ccc1OC(F)F. The lowest BCUT2D eigenvalue weighted by molar-refractivity contribution is -0.0512. The minimum atomic E-state index is -2.99. The zero-order chi connectivity index (χ0) is 22.7. The van der Waals surface area contributed by atoms with Crippen molar-refractivity contribution in [3.63, 3.8) is 0 Å². The van der Waals surface area contributed by atoms with Gasteiger partial charge in [0.2, 0.25) is 0 Å². The highest BCUT2D eigenvalue weighted by Crippen LogP contribution is 2.29. The summed E-state index contributed by atoms with van der Waals surface area (Å²) in [6.45, 7) is 0.267. The van der Waals surface area contributed by atoms with E-state index in [1.54, 1.807) is 13.8 Å². The summed E-state index contributed by atoms with van der Waals surface area (Å²) in [5.41, 5.74) is 1.57. The molecule has 2 aromatic carbocycles. The monoisotopic (exact) mass is 437 g/mol. The molecule has 31 heavy (non-hydrogen) atoms. The minimum absolute atomic E-state index is 0.0143. The number of nitrogens with zero attached hydrogens (tertiary/aromatic N) is 2.